The van der Waals surface area contributed by atoms with Crippen LogP contribution in [0.1, 0.15) is 24.2 Å². The van der Waals surface area contributed by atoms with Crippen LogP contribution in [0.3, 0.4) is 0 Å². The van der Waals surface area contributed by atoms with E-state index in [0.717, 1.165) is 41.4 Å². The molecule has 2 aromatic carbocycles. The van der Waals surface area contributed by atoms with E-state index in [-0.39, 0.29) is 18.9 Å². The number of anilines is 2. The third-order valence-electron chi connectivity index (χ3n) is 4.90. The van der Waals surface area contributed by atoms with Gasteiger partial charge in [0.05, 0.1) is 7.11 Å². The Morgan fingerprint density at radius 1 is 1.22 bits per heavy atom. The molecule has 0 aliphatic carbocycles. The standard InChI is InChI=1S/C20H23N3O4/c1-12(24)21-14-4-6-15(7-5-14)22-20-17-13(8-9-23(20)2)10-16-18(19(17)25-3)27-11-26-16/h4-7,10,20,22H,8-9,11H2,1-3H3,(H,21,24)/t20-/m0/s1. The minimum Gasteiger partial charge on any atom is -0.492 e. The van der Waals surface area contributed by atoms with E-state index in [2.05, 4.69) is 28.6 Å². The highest BCUT2D eigenvalue weighted by Crippen LogP contribution is 2.49. The zero-order valence-corrected chi connectivity index (χ0v) is 15.7. The fourth-order valence-electron chi connectivity index (χ4n) is 3.63. The Kier molecular flexibility index (Phi) is 4.53. The molecule has 0 aromatic heterocycles. The van der Waals surface area contributed by atoms with E-state index >= 15 is 0 Å². The fourth-order valence-corrected chi connectivity index (χ4v) is 3.63. The van der Waals surface area contributed by atoms with E-state index in [4.69, 9.17) is 14.2 Å². The van der Waals surface area contributed by atoms with Crippen molar-refractivity contribution in [1.29, 1.82) is 0 Å². The number of fused-ring (bicyclic) bond motifs is 2. The number of rotatable bonds is 4. The van der Waals surface area contributed by atoms with Crippen LogP contribution in [0.25, 0.3) is 0 Å². The maximum Gasteiger partial charge on any atom is 0.231 e. The smallest absolute Gasteiger partial charge is 0.231 e. The van der Waals surface area contributed by atoms with E-state index < -0.39 is 0 Å². The van der Waals surface area contributed by atoms with Crippen LogP contribution in [0.2, 0.25) is 0 Å². The minimum absolute atomic E-state index is 0.0650. The van der Waals surface area contributed by atoms with E-state index in [1.807, 2.05) is 24.3 Å². The highest BCUT2D eigenvalue weighted by Gasteiger charge is 2.33. The average molecular weight is 369 g/mol. The molecule has 2 aliphatic rings. The number of carbonyl (C=O) groups is 1. The SMILES string of the molecule is COc1c2c(cc3c1[C@@H](Nc1ccc(NC(C)=O)cc1)N(C)CC3)OCO2. The molecule has 0 saturated heterocycles. The number of hydrogen-bond donors (Lipinski definition) is 2. The zero-order chi connectivity index (χ0) is 19.0. The lowest BCUT2D eigenvalue weighted by atomic mass is 9.94. The molecule has 0 radical (unpaired) electrons. The molecule has 7 nitrogen and oxygen atoms in total. The lowest BCUT2D eigenvalue weighted by Crippen LogP contribution is -2.37. The maximum absolute atomic E-state index is 11.2. The summed E-state index contributed by atoms with van der Waals surface area (Å²) in [6.45, 7) is 2.63. The summed E-state index contributed by atoms with van der Waals surface area (Å²) in [7, 11) is 3.74. The third-order valence-corrected chi connectivity index (χ3v) is 4.90. The molecule has 142 valence electrons. The third kappa shape index (κ3) is 3.26. The second kappa shape index (κ2) is 7.00. The van der Waals surface area contributed by atoms with Gasteiger partial charge in [-0.05, 0) is 49.4 Å². The van der Waals surface area contributed by atoms with Crippen LogP contribution in [0, 0.1) is 0 Å². The maximum atomic E-state index is 11.2. The number of likely N-dealkylation sites (N-methyl/N-ethyl adjacent to an activating group) is 1. The van der Waals surface area contributed by atoms with Gasteiger partial charge in [-0.15, -0.1) is 0 Å². The number of nitrogens with zero attached hydrogens (tertiary/aromatic N) is 1. The predicted molar refractivity (Wildman–Crippen MR) is 103 cm³/mol. The summed E-state index contributed by atoms with van der Waals surface area (Å²) < 4.78 is 16.9. The van der Waals surface area contributed by atoms with Crippen LogP contribution < -0.4 is 24.8 Å². The van der Waals surface area contributed by atoms with E-state index in [1.165, 1.54) is 12.5 Å². The zero-order valence-electron chi connectivity index (χ0n) is 15.7. The monoisotopic (exact) mass is 369 g/mol. The number of carbonyl (C=O) groups excluding carboxylic acids is 1. The summed E-state index contributed by atoms with van der Waals surface area (Å²) in [6.07, 6.45) is 0.850. The summed E-state index contributed by atoms with van der Waals surface area (Å²) in [4.78, 5) is 13.4. The Balaban J connectivity index is 1.67. The normalized spacial score (nSPS) is 18.0. The highest BCUT2D eigenvalue weighted by atomic mass is 16.7. The van der Waals surface area contributed by atoms with Crippen LogP contribution in [0.15, 0.2) is 30.3 Å². The minimum atomic E-state index is -0.0857. The van der Waals surface area contributed by atoms with Gasteiger partial charge in [0.15, 0.2) is 11.5 Å². The van der Waals surface area contributed by atoms with E-state index in [9.17, 15) is 4.79 Å². The molecule has 0 saturated carbocycles. The summed E-state index contributed by atoms with van der Waals surface area (Å²) in [5.74, 6) is 2.05. The summed E-state index contributed by atoms with van der Waals surface area (Å²) in [5.41, 5.74) is 3.99. The van der Waals surface area contributed by atoms with Gasteiger partial charge < -0.3 is 24.8 Å². The van der Waals surface area contributed by atoms with Crippen LogP contribution >= 0.6 is 0 Å². The Morgan fingerprint density at radius 3 is 2.67 bits per heavy atom. The van der Waals surface area contributed by atoms with Gasteiger partial charge in [-0.1, -0.05) is 0 Å². The van der Waals surface area contributed by atoms with Crippen LogP contribution in [-0.4, -0.2) is 38.3 Å². The molecule has 27 heavy (non-hydrogen) atoms. The lowest BCUT2D eigenvalue weighted by molar-refractivity contribution is -0.114. The van der Waals surface area contributed by atoms with Gasteiger partial charge in [0, 0.05) is 30.4 Å². The van der Waals surface area contributed by atoms with Gasteiger partial charge >= 0.3 is 0 Å². The molecule has 2 heterocycles. The van der Waals surface area contributed by atoms with E-state index in [0.29, 0.717) is 5.75 Å². The molecule has 4 rings (SSSR count). The second-order valence-corrected chi connectivity index (χ2v) is 6.75. The molecule has 1 atom stereocenters. The first-order chi connectivity index (χ1) is 13.1. The molecule has 0 bridgehead atoms. The molecule has 2 aromatic rings. The van der Waals surface area contributed by atoms with Crippen molar-refractivity contribution in [3.05, 3.63) is 41.5 Å². The van der Waals surface area contributed by atoms with Crippen molar-refractivity contribution in [2.75, 3.05) is 38.1 Å². The quantitative estimate of drug-likeness (QED) is 0.863. The Labute approximate surface area is 158 Å². The van der Waals surface area contributed by atoms with Gasteiger partial charge in [-0.2, -0.15) is 0 Å². The molecular weight excluding hydrogens is 346 g/mol. The number of nitrogens with one attached hydrogen (secondary N) is 2. The van der Waals surface area contributed by atoms with Gasteiger partial charge in [0.25, 0.3) is 0 Å². The van der Waals surface area contributed by atoms with Crippen molar-refractivity contribution in [2.24, 2.45) is 0 Å². The van der Waals surface area contributed by atoms with Crippen molar-refractivity contribution in [3.8, 4) is 17.2 Å². The predicted octanol–water partition coefficient (Wildman–Crippen LogP) is 2.98. The van der Waals surface area contributed by atoms with Gasteiger partial charge in [-0.25, -0.2) is 0 Å². The van der Waals surface area contributed by atoms with Gasteiger partial charge in [-0.3, -0.25) is 9.69 Å². The fraction of sp³-hybridized carbons (Fsp3) is 0.350. The topological polar surface area (TPSA) is 72.1 Å². The molecule has 0 fully saturated rings. The highest BCUT2D eigenvalue weighted by molar-refractivity contribution is 5.88. The molecule has 2 N–H and O–H groups in total. The molecular formula is C20H23N3O4. The first-order valence-electron chi connectivity index (χ1n) is 8.90. The van der Waals surface area contributed by atoms with Crippen molar-refractivity contribution in [1.82, 2.24) is 4.90 Å². The Hall–Kier alpha value is -2.93. The lowest BCUT2D eigenvalue weighted by Gasteiger charge is -2.36. The summed E-state index contributed by atoms with van der Waals surface area (Å²) in [6, 6.07) is 9.72. The number of benzene rings is 2. The molecule has 0 unspecified atom stereocenters. The largest absolute Gasteiger partial charge is 0.492 e. The van der Waals surface area contributed by atoms with Crippen molar-refractivity contribution >= 4 is 17.3 Å². The van der Waals surface area contributed by atoms with Crippen molar-refractivity contribution < 1.29 is 19.0 Å². The average Bonchev–Trinajstić information content (AvgIpc) is 3.11. The van der Waals surface area contributed by atoms with E-state index in [1.54, 1.807) is 7.11 Å². The van der Waals surface area contributed by atoms with Gasteiger partial charge in [0.2, 0.25) is 18.4 Å². The van der Waals surface area contributed by atoms with Crippen molar-refractivity contribution in [3.63, 3.8) is 0 Å². The first kappa shape index (κ1) is 17.5. The Morgan fingerprint density at radius 2 is 1.96 bits per heavy atom. The number of hydrogen-bond acceptors (Lipinski definition) is 6. The number of amides is 1. The number of ether oxygens (including phenoxy) is 3. The van der Waals surface area contributed by atoms with Crippen LogP contribution in [0.4, 0.5) is 11.4 Å². The van der Waals surface area contributed by atoms with Crippen LogP contribution in [-0.2, 0) is 11.2 Å². The summed E-state index contributed by atoms with van der Waals surface area (Å²) >= 11 is 0. The molecule has 1 amide bonds. The summed E-state index contributed by atoms with van der Waals surface area (Å²) in [5, 5.41) is 6.35. The number of methoxy groups -OCH3 is 1. The molecule has 0 spiro atoms. The Bertz CT molecular complexity index is 867. The first-order valence-corrected chi connectivity index (χ1v) is 8.90. The van der Waals surface area contributed by atoms with Gasteiger partial charge in [0.1, 0.15) is 6.17 Å². The second-order valence-electron chi connectivity index (χ2n) is 6.75. The molecule has 7 heteroatoms. The molecule has 2 aliphatic heterocycles. The van der Waals surface area contributed by atoms with Crippen LogP contribution in [0.5, 0.6) is 17.2 Å². The van der Waals surface area contributed by atoms with Crippen molar-refractivity contribution in [2.45, 2.75) is 19.5 Å².